The van der Waals surface area contributed by atoms with Crippen LogP contribution in [-0.4, -0.2) is 20.5 Å². The Morgan fingerprint density at radius 1 is 1.38 bits per heavy atom. The van der Waals surface area contributed by atoms with Crippen LogP contribution in [0.2, 0.25) is 0 Å². The summed E-state index contributed by atoms with van der Waals surface area (Å²) in [6.07, 6.45) is 3.31. The van der Waals surface area contributed by atoms with Crippen molar-refractivity contribution >= 4 is 28.6 Å². The molecule has 1 aromatic carbocycles. The van der Waals surface area contributed by atoms with E-state index in [1.807, 2.05) is 36.7 Å². The number of benzene rings is 1. The van der Waals surface area contributed by atoms with E-state index in [2.05, 4.69) is 16.0 Å². The number of aromatic nitrogens is 3. The molecule has 0 fully saturated rings. The van der Waals surface area contributed by atoms with Gasteiger partial charge in [0.2, 0.25) is 0 Å². The third-order valence-corrected chi connectivity index (χ3v) is 3.87. The number of nitrogens with one attached hydrogen (secondary N) is 2. The molecule has 120 valence electrons. The fraction of sp³-hybridized carbons (Fsp3) is 0.176. The van der Waals surface area contributed by atoms with Crippen LogP contribution in [-0.2, 0) is 0 Å². The number of anilines is 2. The molecule has 0 amide bonds. The van der Waals surface area contributed by atoms with Gasteiger partial charge in [0.25, 0.3) is 6.01 Å². The summed E-state index contributed by atoms with van der Waals surface area (Å²) in [5.41, 5.74) is 12.5. The maximum absolute atomic E-state index is 8.34. The molecule has 1 aliphatic rings. The highest BCUT2D eigenvalue weighted by molar-refractivity contribution is 6.14. The van der Waals surface area contributed by atoms with Gasteiger partial charge < -0.3 is 15.5 Å². The monoisotopic (exact) mass is 320 g/mol. The van der Waals surface area contributed by atoms with Crippen molar-refractivity contribution in [2.45, 2.75) is 19.9 Å². The van der Waals surface area contributed by atoms with E-state index in [1.54, 1.807) is 12.3 Å². The molecule has 0 spiro atoms. The SMILES string of the molecule is CC(C)n1nc(-c2ccc3oc(N)nc3c2)c2c1NC=C=CC2=N. The van der Waals surface area contributed by atoms with Crippen LogP contribution in [0.5, 0.6) is 0 Å². The van der Waals surface area contributed by atoms with E-state index in [-0.39, 0.29) is 12.1 Å². The minimum atomic E-state index is 0.134. The second-order valence-corrected chi connectivity index (χ2v) is 5.86. The predicted molar refractivity (Wildman–Crippen MR) is 93.1 cm³/mol. The number of nitrogens with zero attached hydrogens (tertiary/aromatic N) is 3. The summed E-state index contributed by atoms with van der Waals surface area (Å²) in [5.74, 6) is 0.783. The molecule has 4 rings (SSSR count). The average Bonchev–Trinajstić information content (AvgIpc) is 3.04. The summed E-state index contributed by atoms with van der Waals surface area (Å²) in [6.45, 7) is 4.10. The van der Waals surface area contributed by atoms with Crippen molar-refractivity contribution in [1.82, 2.24) is 14.8 Å². The maximum Gasteiger partial charge on any atom is 0.292 e. The number of oxazole rings is 1. The Balaban J connectivity index is 1.97. The van der Waals surface area contributed by atoms with E-state index in [0.717, 1.165) is 16.9 Å². The number of hydrogen-bond donors (Lipinski definition) is 3. The molecule has 3 heterocycles. The smallest absolute Gasteiger partial charge is 0.292 e. The molecule has 0 bridgehead atoms. The standard InChI is InChI=1S/C17H16N6O/c1-9(2)23-16-14(11(18)4-3-7-20-16)15(22-23)10-5-6-13-12(8-10)21-17(19)24-13/h4-9,18,20H,1-2H3,(H2,19,21). The van der Waals surface area contributed by atoms with E-state index < -0.39 is 0 Å². The highest BCUT2D eigenvalue weighted by atomic mass is 16.4. The summed E-state index contributed by atoms with van der Waals surface area (Å²) >= 11 is 0. The van der Waals surface area contributed by atoms with E-state index in [1.165, 1.54) is 0 Å². The molecule has 7 heteroatoms. The van der Waals surface area contributed by atoms with Gasteiger partial charge in [-0.05, 0) is 32.0 Å². The molecule has 4 N–H and O–H groups in total. The summed E-state index contributed by atoms with van der Waals surface area (Å²) in [4.78, 5) is 4.17. The van der Waals surface area contributed by atoms with Gasteiger partial charge in [0.05, 0.1) is 11.3 Å². The number of rotatable bonds is 2. The Morgan fingerprint density at radius 3 is 3.00 bits per heavy atom. The first-order valence-corrected chi connectivity index (χ1v) is 7.60. The normalized spacial score (nSPS) is 13.4. The molecule has 3 aromatic rings. The van der Waals surface area contributed by atoms with Crippen LogP contribution in [0, 0.1) is 5.41 Å². The van der Waals surface area contributed by atoms with Crippen LogP contribution in [0.15, 0.2) is 40.6 Å². The van der Waals surface area contributed by atoms with Crippen molar-refractivity contribution in [2.24, 2.45) is 0 Å². The largest absolute Gasteiger partial charge is 0.424 e. The molecule has 1 aliphatic heterocycles. The summed E-state index contributed by atoms with van der Waals surface area (Å²) in [7, 11) is 0. The number of allylic oxidation sites excluding steroid dienone is 1. The van der Waals surface area contributed by atoms with Crippen molar-refractivity contribution in [3.8, 4) is 11.3 Å². The Kier molecular flexibility index (Phi) is 3.04. The maximum atomic E-state index is 8.34. The first kappa shape index (κ1) is 14.3. The van der Waals surface area contributed by atoms with Crippen molar-refractivity contribution < 1.29 is 4.42 Å². The summed E-state index contributed by atoms with van der Waals surface area (Å²) in [6, 6.07) is 5.87. The van der Waals surface area contributed by atoms with Gasteiger partial charge in [-0.2, -0.15) is 10.1 Å². The topological polar surface area (TPSA) is 106 Å². The minimum absolute atomic E-state index is 0.134. The third-order valence-electron chi connectivity index (χ3n) is 3.87. The second-order valence-electron chi connectivity index (χ2n) is 5.86. The van der Waals surface area contributed by atoms with Gasteiger partial charge >= 0.3 is 0 Å². The Hall–Kier alpha value is -3.31. The van der Waals surface area contributed by atoms with E-state index in [4.69, 9.17) is 20.7 Å². The highest BCUT2D eigenvalue weighted by Gasteiger charge is 2.23. The zero-order valence-corrected chi connectivity index (χ0v) is 13.3. The molecule has 0 radical (unpaired) electrons. The molecule has 24 heavy (non-hydrogen) atoms. The van der Waals surface area contributed by atoms with E-state index >= 15 is 0 Å². The third kappa shape index (κ3) is 2.11. The lowest BCUT2D eigenvalue weighted by Crippen LogP contribution is -2.07. The molecule has 0 saturated heterocycles. The van der Waals surface area contributed by atoms with Crippen molar-refractivity contribution in [3.05, 3.63) is 41.8 Å². The molecular weight excluding hydrogens is 304 g/mol. The highest BCUT2D eigenvalue weighted by Crippen LogP contribution is 2.34. The van der Waals surface area contributed by atoms with Crippen molar-refractivity contribution in [3.63, 3.8) is 0 Å². The number of nitrogens with two attached hydrogens (primary N) is 1. The van der Waals surface area contributed by atoms with Crippen molar-refractivity contribution in [2.75, 3.05) is 11.1 Å². The lowest BCUT2D eigenvalue weighted by molar-refractivity contribution is 0.541. The molecule has 0 aliphatic carbocycles. The van der Waals surface area contributed by atoms with Crippen LogP contribution in [0.3, 0.4) is 0 Å². The molecule has 0 saturated carbocycles. The molecular formula is C17H16N6O. The van der Waals surface area contributed by atoms with Crippen LogP contribution >= 0.6 is 0 Å². The quantitative estimate of drug-likeness (QED) is 0.628. The second kappa shape index (κ2) is 5.11. The van der Waals surface area contributed by atoms with E-state index in [9.17, 15) is 0 Å². The summed E-state index contributed by atoms with van der Waals surface area (Å²) < 4.78 is 7.19. The molecule has 0 unspecified atom stereocenters. The lowest BCUT2D eigenvalue weighted by atomic mass is 10.0. The van der Waals surface area contributed by atoms with Crippen LogP contribution in [0.1, 0.15) is 25.5 Å². The van der Waals surface area contributed by atoms with Gasteiger partial charge in [0, 0.05) is 23.9 Å². The number of hydrogen-bond acceptors (Lipinski definition) is 6. The van der Waals surface area contributed by atoms with Gasteiger partial charge in [-0.25, -0.2) is 4.68 Å². The Bertz CT molecular complexity index is 1030. The first-order chi connectivity index (χ1) is 11.5. The first-order valence-electron chi connectivity index (χ1n) is 7.60. The fourth-order valence-corrected chi connectivity index (χ4v) is 2.80. The Morgan fingerprint density at radius 2 is 2.21 bits per heavy atom. The van der Waals surface area contributed by atoms with Gasteiger partial charge in [0.15, 0.2) is 5.58 Å². The molecule has 7 nitrogen and oxygen atoms in total. The van der Waals surface area contributed by atoms with E-state index in [0.29, 0.717) is 22.5 Å². The molecule has 2 aromatic heterocycles. The number of fused-ring (bicyclic) bond motifs is 2. The predicted octanol–water partition coefficient (Wildman–Crippen LogP) is 3.32. The van der Waals surface area contributed by atoms with Gasteiger partial charge in [0.1, 0.15) is 17.0 Å². The Labute approximate surface area is 138 Å². The summed E-state index contributed by atoms with van der Waals surface area (Å²) in [5, 5.41) is 16.2. The van der Waals surface area contributed by atoms with Gasteiger partial charge in [-0.15, -0.1) is 5.73 Å². The zero-order valence-electron chi connectivity index (χ0n) is 13.3. The minimum Gasteiger partial charge on any atom is -0.424 e. The zero-order chi connectivity index (χ0) is 16.8. The number of nitrogen functional groups attached to an aromatic ring is 1. The van der Waals surface area contributed by atoms with Gasteiger partial charge in [-0.3, -0.25) is 5.41 Å². The van der Waals surface area contributed by atoms with Crippen LogP contribution in [0.25, 0.3) is 22.4 Å². The van der Waals surface area contributed by atoms with Gasteiger partial charge in [-0.1, -0.05) is 0 Å². The fourth-order valence-electron chi connectivity index (χ4n) is 2.80. The van der Waals surface area contributed by atoms with Crippen LogP contribution < -0.4 is 11.1 Å². The lowest BCUT2D eigenvalue weighted by Gasteiger charge is -2.10. The van der Waals surface area contributed by atoms with Crippen molar-refractivity contribution in [1.29, 1.82) is 5.41 Å². The average molecular weight is 320 g/mol. The molecule has 0 atom stereocenters. The van der Waals surface area contributed by atoms with Crippen LogP contribution in [0.4, 0.5) is 11.8 Å².